The highest BCUT2D eigenvalue weighted by Gasteiger charge is 2.21. The van der Waals surface area contributed by atoms with Crippen molar-refractivity contribution in [2.24, 2.45) is 20.0 Å². The number of carbonyl (C=O) groups excluding carboxylic acids is 1. The van der Waals surface area contributed by atoms with Crippen LogP contribution in [0.4, 0.5) is 4.39 Å². The molecule has 158 valence electrons. The maximum atomic E-state index is 13.8. The highest BCUT2D eigenvalue weighted by molar-refractivity contribution is 5.97. The summed E-state index contributed by atoms with van der Waals surface area (Å²) in [5.41, 5.74) is 2.73. The van der Waals surface area contributed by atoms with Gasteiger partial charge in [-0.2, -0.15) is 0 Å². The Morgan fingerprint density at radius 1 is 1.07 bits per heavy atom. The lowest BCUT2D eigenvalue weighted by Crippen LogP contribution is -2.38. The lowest BCUT2D eigenvalue weighted by atomic mass is 9.96. The van der Waals surface area contributed by atoms with Crippen LogP contribution in [0.2, 0.25) is 0 Å². The van der Waals surface area contributed by atoms with Gasteiger partial charge in [0.15, 0.2) is 0 Å². The highest BCUT2D eigenvalue weighted by Crippen LogP contribution is 2.20. The van der Waals surface area contributed by atoms with Gasteiger partial charge < -0.3 is 5.32 Å². The number of nitrogens with zero attached hydrogens (tertiary/aromatic N) is 3. The number of nitrogens with one attached hydrogen (secondary N) is 1. The molecule has 0 radical (unpaired) electrons. The molecular weight excluding hydrogens is 383 g/mol. The Morgan fingerprint density at radius 3 is 2.50 bits per heavy atom. The smallest absolute Gasteiger partial charge is 0.328 e. The summed E-state index contributed by atoms with van der Waals surface area (Å²) in [5.74, 6) is 0.136. The number of piperidine rings is 1. The number of halogens is 1. The van der Waals surface area contributed by atoms with E-state index < -0.39 is 0 Å². The first kappa shape index (κ1) is 20.3. The van der Waals surface area contributed by atoms with E-state index in [1.165, 1.54) is 6.07 Å². The van der Waals surface area contributed by atoms with Gasteiger partial charge in [-0.1, -0.05) is 18.2 Å². The van der Waals surface area contributed by atoms with Gasteiger partial charge in [0.25, 0.3) is 5.91 Å². The van der Waals surface area contributed by atoms with Gasteiger partial charge in [0, 0.05) is 38.3 Å². The maximum Gasteiger partial charge on any atom is 0.328 e. The van der Waals surface area contributed by atoms with Crippen molar-refractivity contribution in [1.29, 1.82) is 0 Å². The number of carbonyl (C=O) groups is 1. The topological polar surface area (TPSA) is 59.3 Å². The van der Waals surface area contributed by atoms with E-state index in [9.17, 15) is 14.0 Å². The zero-order valence-electron chi connectivity index (χ0n) is 17.4. The van der Waals surface area contributed by atoms with E-state index in [0.29, 0.717) is 24.6 Å². The number of hydrogen-bond donors (Lipinski definition) is 1. The van der Waals surface area contributed by atoms with Crippen LogP contribution in [0.15, 0.2) is 47.3 Å². The standard InChI is InChI=1S/C23H27FN4O2/c1-26-20-8-7-17(13-21(20)27(2)23(26)30)22(29)25-14-16-9-11-28(12-10-16)15-18-5-3-4-6-19(18)24/h3-8,13,16H,9-12,14-15H2,1-2H3,(H,25,29). The summed E-state index contributed by atoms with van der Waals surface area (Å²) < 4.78 is 17.0. The number of hydrogen-bond acceptors (Lipinski definition) is 3. The van der Waals surface area contributed by atoms with Gasteiger partial charge in [-0.25, -0.2) is 9.18 Å². The van der Waals surface area contributed by atoms with Crippen molar-refractivity contribution >= 4 is 16.9 Å². The third kappa shape index (κ3) is 4.03. The zero-order chi connectivity index (χ0) is 21.3. The third-order valence-corrected chi connectivity index (χ3v) is 6.14. The Kier molecular flexibility index (Phi) is 5.72. The van der Waals surface area contributed by atoms with E-state index >= 15 is 0 Å². The molecule has 1 aromatic heterocycles. The van der Waals surface area contributed by atoms with Crippen molar-refractivity contribution in [2.75, 3.05) is 19.6 Å². The molecule has 0 saturated carbocycles. The molecule has 6 nitrogen and oxygen atoms in total. The van der Waals surface area contributed by atoms with Gasteiger partial charge in [0.05, 0.1) is 11.0 Å². The van der Waals surface area contributed by atoms with Crippen LogP contribution in [0.3, 0.4) is 0 Å². The molecule has 0 spiro atoms. The van der Waals surface area contributed by atoms with Crippen LogP contribution < -0.4 is 11.0 Å². The molecule has 0 atom stereocenters. The summed E-state index contributed by atoms with van der Waals surface area (Å²) in [6.07, 6.45) is 1.95. The van der Waals surface area contributed by atoms with Crippen molar-refractivity contribution in [1.82, 2.24) is 19.4 Å². The fourth-order valence-corrected chi connectivity index (χ4v) is 4.20. The summed E-state index contributed by atoms with van der Waals surface area (Å²) in [7, 11) is 3.43. The Bertz CT molecular complexity index is 1130. The first-order chi connectivity index (χ1) is 14.4. The van der Waals surface area contributed by atoms with Crippen LogP contribution in [0.25, 0.3) is 11.0 Å². The number of aryl methyl sites for hydroxylation is 2. The first-order valence-corrected chi connectivity index (χ1v) is 10.3. The van der Waals surface area contributed by atoms with E-state index in [2.05, 4.69) is 10.2 Å². The largest absolute Gasteiger partial charge is 0.352 e. The van der Waals surface area contributed by atoms with Gasteiger partial charge in [0.1, 0.15) is 5.82 Å². The normalized spacial score (nSPS) is 15.6. The van der Waals surface area contributed by atoms with E-state index in [1.54, 1.807) is 41.4 Å². The second-order valence-corrected chi connectivity index (χ2v) is 8.13. The third-order valence-electron chi connectivity index (χ3n) is 6.14. The predicted molar refractivity (Wildman–Crippen MR) is 115 cm³/mol. The molecule has 1 aliphatic heterocycles. The summed E-state index contributed by atoms with van der Waals surface area (Å²) in [4.78, 5) is 26.9. The number of aromatic nitrogens is 2. The van der Waals surface area contributed by atoms with E-state index in [-0.39, 0.29) is 17.4 Å². The van der Waals surface area contributed by atoms with Gasteiger partial charge in [-0.15, -0.1) is 0 Å². The minimum absolute atomic E-state index is 0.107. The Labute approximate surface area is 174 Å². The van der Waals surface area contributed by atoms with E-state index in [1.807, 2.05) is 18.2 Å². The SMILES string of the molecule is Cn1c(=O)n(C)c2cc(C(=O)NCC3CCN(Cc4ccccc4F)CC3)ccc21. The van der Waals surface area contributed by atoms with Crippen LogP contribution in [-0.2, 0) is 20.6 Å². The quantitative estimate of drug-likeness (QED) is 0.704. The van der Waals surface area contributed by atoms with Crippen LogP contribution in [0, 0.1) is 11.7 Å². The monoisotopic (exact) mass is 410 g/mol. The van der Waals surface area contributed by atoms with Crippen molar-refractivity contribution in [3.63, 3.8) is 0 Å². The average Bonchev–Trinajstić information content (AvgIpc) is 2.98. The highest BCUT2D eigenvalue weighted by atomic mass is 19.1. The summed E-state index contributed by atoms with van der Waals surface area (Å²) in [5, 5.41) is 3.04. The summed E-state index contributed by atoms with van der Waals surface area (Å²) in [6, 6.07) is 12.3. The lowest BCUT2D eigenvalue weighted by molar-refractivity contribution is 0.0935. The predicted octanol–water partition coefficient (Wildman–Crippen LogP) is 2.66. The van der Waals surface area contributed by atoms with Crippen LogP contribution in [-0.4, -0.2) is 39.6 Å². The number of likely N-dealkylation sites (tertiary alicyclic amines) is 1. The molecule has 1 N–H and O–H groups in total. The molecule has 3 aromatic rings. The number of amides is 1. The zero-order valence-corrected chi connectivity index (χ0v) is 17.4. The van der Waals surface area contributed by atoms with Crippen molar-refractivity contribution in [2.45, 2.75) is 19.4 Å². The fourth-order valence-electron chi connectivity index (χ4n) is 4.20. The van der Waals surface area contributed by atoms with Gasteiger partial charge >= 0.3 is 5.69 Å². The molecule has 0 bridgehead atoms. The van der Waals surface area contributed by atoms with Crippen molar-refractivity contribution in [3.8, 4) is 0 Å². The number of imidazole rings is 1. The molecule has 4 rings (SSSR count). The molecule has 2 aromatic carbocycles. The van der Waals surface area contributed by atoms with Crippen molar-refractivity contribution < 1.29 is 9.18 Å². The molecule has 1 fully saturated rings. The Balaban J connectivity index is 1.31. The molecule has 7 heteroatoms. The average molecular weight is 410 g/mol. The molecular formula is C23H27FN4O2. The number of benzene rings is 2. The Hall–Kier alpha value is -2.93. The first-order valence-electron chi connectivity index (χ1n) is 10.3. The number of fused-ring (bicyclic) bond motifs is 1. The summed E-state index contributed by atoms with van der Waals surface area (Å²) >= 11 is 0. The summed E-state index contributed by atoms with van der Waals surface area (Å²) in [6.45, 7) is 3.04. The van der Waals surface area contributed by atoms with Crippen LogP contribution in [0.1, 0.15) is 28.8 Å². The maximum absolute atomic E-state index is 13.8. The molecule has 30 heavy (non-hydrogen) atoms. The fraction of sp³-hybridized carbons (Fsp3) is 0.391. The van der Waals surface area contributed by atoms with E-state index in [0.717, 1.165) is 42.5 Å². The molecule has 1 saturated heterocycles. The molecule has 1 amide bonds. The minimum Gasteiger partial charge on any atom is -0.352 e. The van der Waals surface area contributed by atoms with Gasteiger partial charge in [-0.3, -0.25) is 18.8 Å². The van der Waals surface area contributed by atoms with Crippen LogP contribution in [0.5, 0.6) is 0 Å². The number of rotatable bonds is 5. The minimum atomic E-state index is -0.153. The van der Waals surface area contributed by atoms with Gasteiger partial charge in [0.2, 0.25) is 0 Å². The second-order valence-electron chi connectivity index (χ2n) is 8.13. The van der Waals surface area contributed by atoms with Gasteiger partial charge in [-0.05, 0) is 56.1 Å². The van der Waals surface area contributed by atoms with Crippen molar-refractivity contribution in [3.05, 3.63) is 69.9 Å². The Morgan fingerprint density at radius 2 is 1.77 bits per heavy atom. The van der Waals surface area contributed by atoms with Crippen LogP contribution >= 0.6 is 0 Å². The molecule has 0 aliphatic carbocycles. The molecule has 0 unspecified atom stereocenters. The molecule has 1 aliphatic rings. The second kappa shape index (κ2) is 8.44. The molecule has 2 heterocycles. The van der Waals surface area contributed by atoms with E-state index in [4.69, 9.17) is 0 Å². The lowest BCUT2D eigenvalue weighted by Gasteiger charge is -2.32.